The van der Waals surface area contributed by atoms with Gasteiger partial charge in [-0.3, -0.25) is 0 Å². The van der Waals surface area contributed by atoms with Crippen LogP contribution < -0.4 is 4.90 Å². The summed E-state index contributed by atoms with van der Waals surface area (Å²) in [5.41, 5.74) is 0.0966. The number of nitriles is 1. The number of anilines is 1. The summed E-state index contributed by atoms with van der Waals surface area (Å²) in [5.74, 6) is 1.07. The molecule has 6 heteroatoms. The number of hydrogen-bond donors (Lipinski definition) is 0. The summed E-state index contributed by atoms with van der Waals surface area (Å²) in [6, 6.07) is 5.88. The van der Waals surface area contributed by atoms with Gasteiger partial charge in [-0.2, -0.15) is 5.26 Å². The van der Waals surface area contributed by atoms with Crippen LogP contribution in [0.5, 0.6) is 0 Å². The van der Waals surface area contributed by atoms with E-state index in [-0.39, 0.29) is 12.1 Å². The Kier molecular flexibility index (Phi) is 6.47. The maximum atomic E-state index is 12.6. The molecule has 1 aromatic rings. The SMILES string of the molecule is CC(C)N(C[C@H]1CCCN(c2ncccc2C#N)C1)C(=O)OC(C)(C)C. The monoisotopic (exact) mass is 358 g/mol. The number of carbonyl (C=O) groups is 1. The van der Waals surface area contributed by atoms with E-state index in [9.17, 15) is 10.1 Å². The Bertz CT molecular complexity index is 661. The van der Waals surface area contributed by atoms with Crippen molar-refractivity contribution < 1.29 is 9.53 Å². The highest BCUT2D eigenvalue weighted by molar-refractivity contribution is 5.68. The van der Waals surface area contributed by atoms with Crippen LogP contribution in [0.2, 0.25) is 0 Å². The van der Waals surface area contributed by atoms with Crippen molar-refractivity contribution in [2.24, 2.45) is 5.92 Å². The molecule has 0 unspecified atom stereocenters. The van der Waals surface area contributed by atoms with Gasteiger partial charge in [0.25, 0.3) is 0 Å². The van der Waals surface area contributed by atoms with Crippen molar-refractivity contribution in [3.8, 4) is 6.07 Å². The third kappa shape index (κ3) is 5.35. The molecule has 0 spiro atoms. The third-order valence-electron chi connectivity index (χ3n) is 4.43. The lowest BCUT2D eigenvalue weighted by atomic mass is 9.96. The molecule has 1 aliphatic rings. The van der Waals surface area contributed by atoms with Gasteiger partial charge in [0.2, 0.25) is 0 Å². The number of amides is 1. The molecule has 0 saturated carbocycles. The van der Waals surface area contributed by atoms with Gasteiger partial charge in [0.15, 0.2) is 0 Å². The van der Waals surface area contributed by atoms with Gasteiger partial charge in [0.1, 0.15) is 17.5 Å². The Hall–Kier alpha value is -2.29. The predicted molar refractivity (Wildman–Crippen MR) is 102 cm³/mol. The first-order valence-corrected chi connectivity index (χ1v) is 9.31. The molecule has 142 valence electrons. The van der Waals surface area contributed by atoms with Gasteiger partial charge < -0.3 is 14.5 Å². The Labute approximate surface area is 156 Å². The Balaban J connectivity index is 2.08. The zero-order valence-corrected chi connectivity index (χ0v) is 16.5. The fourth-order valence-electron chi connectivity index (χ4n) is 3.24. The van der Waals surface area contributed by atoms with Gasteiger partial charge in [0, 0.05) is 31.9 Å². The summed E-state index contributed by atoms with van der Waals surface area (Å²) < 4.78 is 5.57. The lowest BCUT2D eigenvalue weighted by Crippen LogP contribution is -2.47. The highest BCUT2D eigenvalue weighted by Crippen LogP contribution is 2.25. The molecule has 0 radical (unpaired) electrons. The molecule has 0 N–H and O–H groups in total. The number of rotatable bonds is 4. The van der Waals surface area contributed by atoms with E-state index in [0.29, 0.717) is 18.0 Å². The zero-order valence-electron chi connectivity index (χ0n) is 16.5. The van der Waals surface area contributed by atoms with Crippen LogP contribution in [0.25, 0.3) is 0 Å². The van der Waals surface area contributed by atoms with E-state index in [1.54, 1.807) is 18.3 Å². The van der Waals surface area contributed by atoms with Crippen LogP contribution in [0.1, 0.15) is 53.0 Å². The van der Waals surface area contributed by atoms with Crippen molar-refractivity contribution in [1.82, 2.24) is 9.88 Å². The molecule has 26 heavy (non-hydrogen) atoms. The van der Waals surface area contributed by atoms with Crippen molar-refractivity contribution in [2.45, 2.75) is 59.1 Å². The molecule has 1 amide bonds. The Morgan fingerprint density at radius 1 is 1.50 bits per heavy atom. The average molecular weight is 358 g/mol. The fraction of sp³-hybridized carbons (Fsp3) is 0.650. The fourth-order valence-corrected chi connectivity index (χ4v) is 3.24. The minimum atomic E-state index is -0.502. The minimum Gasteiger partial charge on any atom is -0.444 e. The van der Waals surface area contributed by atoms with Crippen LogP contribution in [0, 0.1) is 17.2 Å². The molecule has 0 bridgehead atoms. The summed E-state index contributed by atoms with van der Waals surface area (Å²) in [5, 5.41) is 9.33. The summed E-state index contributed by atoms with van der Waals surface area (Å²) in [6.07, 6.45) is 3.53. The Morgan fingerprint density at radius 3 is 2.85 bits per heavy atom. The van der Waals surface area contributed by atoms with E-state index in [2.05, 4.69) is 16.0 Å². The highest BCUT2D eigenvalue weighted by Gasteiger charge is 2.29. The summed E-state index contributed by atoms with van der Waals surface area (Å²) in [4.78, 5) is 20.9. The molecule has 1 aliphatic heterocycles. The van der Waals surface area contributed by atoms with Crippen LogP contribution in [0.15, 0.2) is 18.3 Å². The number of piperidine rings is 1. The first-order chi connectivity index (χ1) is 12.2. The molecule has 0 aromatic carbocycles. The molecular formula is C20H30N4O2. The van der Waals surface area contributed by atoms with Crippen molar-refractivity contribution in [2.75, 3.05) is 24.5 Å². The molecule has 1 saturated heterocycles. The number of carbonyl (C=O) groups excluding carboxylic acids is 1. The van der Waals surface area contributed by atoms with Crippen LogP contribution in [-0.2, 0) is 4.74 Å². The van der Waals surface area contributed by atoms with Gasteiger partial charge in [-0.1, -0.05) is 0 Å². The van der Waals surface area contributed by atoms with Crippen molar-refractivity contribution in [1.29, 1.82) is 5.26 Å². The number of ether oxygens (including phenoxy) is 1. The second kappa shape index (κ2) is 8.39. The van der Waals surface area contributed by atoms with E-state index >= 15 is 0 Å². The molecule has 2 heterocycles. The molecule has 6 nitrogen and oxygen atoms in total. The second-order valence-corrected chi connectivity index (χ2v) is 8.17. The van der Waals surface area contributed by atoms with Crippen molar-refractivity contribution in [3.05, 3.63) is 23.9 Å². The van der Waals surface area contributed by atoms with Gasteiger partial charge in [-0.15, -0.1) is 0 Å². The number of pyridine rings is 1. The predicted octanol–water partition coefficient (Wildman–Crippen LogP) is 3.82. The average Bonchev–Trinajstić information content (AvgIpc) is 2.58. The van der Waals surface area contributed by atoms with E-state index in [1.165, 1.54) is 0 Å². The van der Waals surface area contributed by atoms with Crippen LogP contribution in [-0.4, -0.2) is 47.3 Å². The van der Waals surface area contributed by atoms with Gasteiger partial charge in [-0.05, 0) is 65.5 Å². The maximum absolute atomic E-state index is 12.6. The third-order valence-corrected chi connectivity index (χ3v) is 4.43. The summed E-state index contributed by atoms with van der Waals surface area (Å²) in [6.45, 7) is 12.0. The lowest BCUT2D eigenvalue weighted by molar-refractivity contribution is 0.0151. The van der Waals surface area contributed by atoms with Crippen LogP contribution >= 0.6 is 0 Å². The molecule has 2 rings (SSSR count). The van der Waals surface area contributed by atoms with Gasteiger partial charge in [-0.25, -0.2) is 9.78 Å². The highest BCUT2D eigenvalue weighted by atomic mass is 16.6. The Morgan fingerprint density at radius 2 is 2.23 bits per heavy atom. The van der Waals surface area contributed by atoms with Crippen LogP contribution in [0.3, 0.4) is 0 Å². The minimum absolute atomic E-state index is 0.0738. The smallest absolute Gasteiger partial charge is 0.410 e. The van der Waals surface area contributed by atoms with E-state index in [0.717, 1.165) is 31.7 Å². The largest absolute Gasteiger partial charge is 0.444 e. The number of hydrogen-bond acceptors (Lipinski definition) is 5. The summed E-state index contributed by atoms with van der Waals surface area (Å²) in [7, 11) is 0. The first-order valence-electron chi connectivity index (χ1n) is 9.31. The second-order valence-electron chi connectivity index (χ2n) is 8.17. The standard InChI is InChI=1S/C20H30N4O2/c1-15(2)24(19(25)26-20(3,4)5)14-16-8-7-11-23(13-16)18-17(12-21)9-6-10-22-18/h6,9-10,15-16H,7-8,11,13-14H2,1-5H3/t16-/m0/s1. The topological polar surface area (TPSA) is 69.5 Å². The van der Waals surface area contributed by atoms with Crippen molar-refractivity contribution in [3.63, 3.8) is 0 Å². The van der Waals surface area contributed by atoms with E-state index in [4.69, 9.17) is 4.74 Å². The van der Waals surface area contributed by atoms with Gasteiger partial charge >= 0.3 is 6.09 Å². The zero-order chi connectivity index (χ0) is 19.3. The van der Waals surface area contributed by atoms with E-state index < -0.39 is 5.60 Å². The quantitative estimate of drug-likeness (QED) is 0.818. The lowest BCUT2D eigenvalue weighted by Gasteiger charge is -2.38. The van der Waals surface area contributed by atoms with Crippen LogP contribution in [0.4, 0.5) is 10.6 Å². The molecule has 1 aromatic heterocycles. The van der Waals surface area contributed by atoms with Gasteiger partial charge in [0.05, 0.1) is 5.56 Å². The molecular weight excluding hydrogens is 328 g/mol. The number of nitrogens with zero attached hydrogens (tertiary/aromatic N) is 4. The normalized spacial score (nSPS) is 17.7. The summed E-state index contributed by atoms with van der Waals surface area (Å²) >= 11 is 0. The van der Waals surface area contributed by atoms with Crippen molar-refractivity contribution >= 4 is 11.9 Å². The molecule has 0 aliphatic carbocycles. The number of aromatic nitrogens is 1. The molecule has 1 fully saturated rings. The molecule has 1 atom stereocenters. The van der Waals surface area contributed by atoms with E-state index in [1.807, 2.05) is 39.5 Å². The maximum Gasteiger partial charge on any atom is 0.410 e. The first kappa shape index (κ1) is 20.0.